The molecule has 0 spiro atoms. The molecule has 1 aromatic heterocycles. The van der Waals surface area contributed by atoms with Crippen molar-refractivity contribution in [3.63, 3.8) is 0 Å². The fourth-order valence-corrected chi connectivity index (χ4v) is 4.70. The molecule has 36 heavy (non-hydrogen) atoms. The molecule has 6 nitrogen and oxygen atoms in total. The number of anilines is 1. The van der Waals surface area contributed by atoms with Crippen LogP contribution in [0.5, 0.6) is 0 Å². The number of carbonyl (C=O) groups is 2. The van der Waals surface area contributed by atoms with Crippen LogP contribution in [0.25, 0.3) is 10.6 Å². The molecule has 0 aliphatic carbocycles. The van der Waals surface area contributed by atoms with Crippen molar-refractivity contribution in [1.82, 2.24) is 15.5 Å². The van der Waals surface area contributed by atoms with Gasteiger partial charge in [-0.3, -0.25) is 14.9 Å². The number of rotatable bonds is 10. The Morgan fingerprint density at radius 3 is 2.33 bits per heavy atom. The van der Waals surface area contributed by atoms with Crippen molar-refractivity contribution in [3.8, 4) is 10.6 Å². The third-order valence-electron chi connectivity index (χ3n) is 5.69. The minimum Gasteiger partial charge on any atom is -0.340 e. The van der Waals surface area contributed by atoms with Gasteiger partial charge in [-0.15, -0.1) is 10.2 Å². The summed E-state index contributed by atoms with van der Waals surface area (Å²) < 4.78 is 0.972. The van der Waals surface area contributed by atoms with Crippen LogP contribution in [0.3, 0.4) is 0 Å². The number of hydrogen-bond acceptors (Lipinski definition) is 5. The Kier molecular flexibility index (Phi) is 8.97. The number of benzene rings is 3. The molecule has 3 aromatic carbocycles. The van der Waals surface area contributed by atoms with Crippen LogP contribution in [-0.2, 0) is 17.6 Å². The Morgan fingerprint density at radius 2 is 1.64 bits per heavy atom. The van der Waals surface area contributed by atoms with E-state index in [2.05, 4.69) is 43.7 Å². The Hall–Kier alpha value is -3.36. The summed E-state index contributed by atoms with van der Waals surface area (Å²) >= 11 is 4.71. The van der Waals surface area contributed by atoms with E-state index in [1.54, 1.807) is 0 Å². The standard InChI is InChI=1S/C28H27BrN4O2S/c1-2-3-7-19-10-12-21(13-11-19)25(34)30-24(18-20-8-5-4-6-9-20)26(35)31-28-33-32-27(36-28)22-14-16-23(29)17-15-22/h4-6,8-17,24H,2-3,7,18H2,1H3,(H,30,34)(H,31,33,35). The van der Waals surface area contributed by atoms with E-state index in [0.29, 0.717) is 22.1 Å². The molecule has 2 amide bonds. The van der Waals surface area contributed by atoms with Crippen molar-refractivity contribution in [2.24, 2.45) is 0 Å². The van der Waals surface area contributed by atoms with Gasteiger partial charge in [-0.2, -0.15) is 0 Å². The van der Waals surface area contributed by atoms with Crippen LogP contribution in [0.15, 0.2) is 83.3 Å². The average Bonchev–Trinajstić information content (AvgIpc) is 3.36. The molecule has 0 saturated carbocycles. The number of nitrogens with one attached hydrogen (secondary N) is 2. The van der Waals surface area contributed by atoms with Crippen LogP contribution in [0.2, 0.25) is 0 Å². The maximum absolute atomic E-state index is 13.3. The van der Waals surface area contributed by atoms with E-state index in [-0.39, 0.29) is 11.8 Å². The highest BCUT2D eigenvalue weighted by Crippen LogP contribution is 2.27. The van der Waals surface area contributed by atoms with Gasteiger partial charge >= 0.3 is 0 Å². The summed E-state index contributed by atoms with van der Waals surface area (Å²) in [4.78, 5) is 26.3. The fourth-order valence-electron chi connectivity index (χ4n) is 3.68. The summed E-state index contributed by atoms with van der Waals surface area (Å²) in [7, 11) is 0. The first-order valence-electron chi connectivity index (χ1n) is 11.9. The zero-order valence-electron chi connectivity index (χ0n) is 19.9. The highest BCUT2D eigenvalue weighted by molar-refractivity contribution is 9.10. The van der Waals surface area contributed by atoms with Crippen molar-refractivity contribution in [2.75, 3.05) is 5.32 Å². The lowest BCUT2D eigenvalue weighted by Crippen LogP contribution is -2.45. The van der Waals surface area contributed by atoms with Gasteiger partial charge in [0.2, 0.25) is 11.0 Å². The van der Waals surface area contributed by atoms with E-state index in [1.807, 2.05) is 78.9 Å². The van der Waals surface area contributed by atoms with Crippen LogP contribution in [0.4, 0.5) is 5.13 Å². The van der Waals surface area contributed by atoms with Gasteiger partial charge in [0.15, 0.2) is 0 Å². The molecule has 8 heteroatoms. The van der Waals surface area contributed by atoms with Gasteiger partial charge in [0.25, 0.3) is 5.91 Å². The molecule has 4 rings (SSSR count). The predicted octanol–water partition coefficient (Wildman–Crippen LogP) is 6.29. The van der Waals surface area contributed by atoms with Crippen molar-refractivity contribution in [2.45, 2.75) is 38.6 Å². The summed E-state index contributed by atoms with van der Waals surface area (Å²) in [5.41, 5.74) is 3.58. The monoisotopic (exact) mass is 562 g/mol. The first-order chi connectivity index (χ1) is 17.5. The Labute approximate surface area is 223 Å². The number of hydrogen-bond donors (Lipinski definition) is 2. The summed E-state index contributed by atoms with van der Waals surface area (Å²) in [5, 5.41) is 15.2. The lowest BCUT2D eigenvalue weighted by molar-refractivity contribution is -0.118. The number of amides is 2. The second-order valence-electron chi connectivity index (χ2n) is 8.42. The summed E-state index contributed by atoms with van der Waals surface area (Å²) in [6.45, 7) is 2.16. The predicted molar refractivity (Wildman–Crippen MR) is 148 cm³/mol. The minimum absolute atomic E-state index is 0.291. The second-order valence-corrected chi connectivity index (χ2v) is 10.3. The Bertz CT molecular complexity index is 1290. The lowest BCUT2D eigenvalue weighted by Gasteiger charge is -2.18. The lowest BCUT2D eigenvalue weighted by atomic mass is 10.0. The quantitative estimate of drug-likeness (QED) is 0.238. The molecule has 1 unspecified atom stereocenters. The van der Waals surface area contributed by atoms with Gasteiger partial charge in [-0.1, -0.05) is 95.2 Å². The molecule has 2 N–H and O–H groups in total. The fraction of sp³-hybridized carbons (Fsp3) is 0.214. The maximum atomic E-state index is 13.3. The van der Waals surface area contributed by atoms with Gasteiger partial charge in [0.1, 0.15) is 11.0 Å². The van der Waals surface area contributed by atoms with Crippen LogP contribution in [0.1, 0.15) is 41.3 Å². The summed E-state index contributed by atoms with van der Waals surface area (Å²) in [5.74, 6) is -0.633. The van der Waals surface area contributed by atoms with Crippen molar-refractivity contribution < 1.29 is 9.59 Å². The van der Waals surface area contributed by atoms with Crippen molar-refractivity contribution in [3.05, 3.63) is 100 Å². The van der Waals surface area contributed by atoms with Crippen LogP contribution < -0.4 is 10.6 Å². The smallest absolute Gasteiger partial charge is 0.251 e. The zero-order valence-corrected chi connectivity index (χ0v) is 22.3. The van der Waals surface area contributed by atoms with Gasteiger partial charge in [-0.05, 0) is 48.2 Å². The summed E-state index contributed by atoms with van der Waals surface area (Å²) in [6, 6.07) is 24.1. The van der Waals surface area contributed by atoms with E-state index in [1.165, 1.54) is 16.9 Å². The van der Waals surface area contributed by atoms with Gasteiger partial charge in [0, 0.05) is 22.0 Å². The van der Waals surface area contributed by atoms with Crippen LogP contribution in [0, 0.1) is 0 Å². The normalized spacial score (nSPS) is 11.6. The third kappa shape index (κ3) is 7.08. The molecule has 1 heterocycles. The van der Waals surface area contributed by atoms with Crippen LogP contribution in [-0.4, -0.2) is 28.1 Å². The molecule has 0 fully saturated rings. The number of aromatic nitrogens is 2. The minimum atomic E-state index is -0.778. The number of nitrogens with zero attached hydrogens (tertiary/aromatic N) is 2. The van der Waals surface area contributed by atoms with E-state index >= 15 is 0 Å². The van der Waals surface area contributed by atoms with Gasteiger partial charge in [0.05, 0.1) is 0 Å². The topological polar surface area (TPSA) is 84.0 Å². The molecule has 184 valence electrons. The van der Waals surface area contributed by atoms with E-state index < -0.39 is 6.04 Å². The largest absolute Gasteiger partial charge is 0.340 e. The molecule has 0 radical (unpaired) electrons. The Balaban J connectivity index is 1.47. The number of carbonyl (C=O) groups excluding carboxylic acids is 2. The second kappa shape index (κ2) is 12.6. The average molecular weight is 564 g/mol. The first kappa shape index (κ1) is 25.7. The molecule has 0 bridgehead atoms. The van der Waals surface area contributed by atoms with Crippen molar-refractivity contribution >= 4 is 44.2 Å². The highest BCUT2D eigenvalue weighted by atomic mass is 79.9. The molecule has 1 atom stereocenters. The molecular weight excluding hydrogens is 536 g/mol. The maximum Gasteiger partial charge on any atom is 0.251 e. The van der Waals surface area contributed by atoms with E-state index in [9.17, 15) is 9.59 Å². The first-order valence-corrected chi connectivity index (χ1v) is 13.5. The highest BCUT2D eigenvalue weighted by Gasteiger charge is 2.23. The van der Waals surface area contributed by atoms with Crippen LogP contribution >= 0.6 is 27.3 Å². The zero-order chi connectivity index (χ0) is 25.3. The SMILES string of the molecule is CCCCc1ccc(C(=O)NC(Cc2ccccc2)C(=O)Nc2nnc(-c3ccc(Br)cc3)s2)cc1. The molecule has 0 aliphatic heterocycles. The Morgan fingerprint density at radius 1 is 0.917 bits per heavy atom. The van der Waals surface area contributed by atoms with Gasteiger partial charge in [-0.25, -0.2) is 0 Å². The molecule has 0 saturated heterocycles. The number of unbranched alkanes of at least 4 members (excludes halogenated alkanes) is 1. The number of halogens is 1. The van der Waals surface area contributed by atoms with Crippen molar-refractivity contribution in [1.29, 1.82) is 0 Å². The molecule has 4 aromatic rings. The van der Waals surface area contributed by atoms with E-state index in [0.717, 1.165) is 34.9 Å². The molecule has 0 aliphatic rings. The molecular formula is C28H27BrN4O2S. The van der Waals surface area contributed by atoms with Gasteiger partial charge < -0.3 is 5.32 Å². The third-order valence-corrected chi connectivity index (χ3v) is 7.10. The summed E-state index contributed by atoms with van der Waals surface area (Å²) in [6.07, 6.45) is 3.57. The number of aryl methyl sites for hydroxylation is 1. The van der Waals surface area contributed by atoms with E-state index in [4.69, 9.17) is 0 Å².